The number of benzene rings is 1. The second kappa shape index (κ2) is 4.44. The molecule has 0 aliphatic rings. The molecule has 0 atom stereocenters. The van der Waals surface area contributed by atoms with Crippen molar-refractivity contribution in [1.29, 1.82) is 0 Å². The number of rotatable bonds is 2. The van der Waals surface area contributed by atoms with Crippen molar-refractivity contribution in [1.82, 2.24) is 0 Å². The predicted molar refractivity (Wildman–Crippen MR) is 71.2 cm³/mol. The lowest BCUT2D eigenvalue weighted by Crippen LogP contribution is -1.82. The first-order chi connectivity index (χ1) is 6.77. The molecule has 4 heteroatoms. The van der Waals surface area contributed by atoms with Gasteiger partial charge in [-0.2, -0.15) is 0 Å². The third-order valence-corrected chi connectivity index (χ3v) is 4.95. The SMILES string of the molecule is CSc1cc(CBr)c2sccc2c1Cl. The maximum Gasteiger partial charge on any atom is 0.0628 e. The van der Waals surface area contributed by atoms with Gasteiger partial charge in [-0.1, -0.05) is 27.5 Å². The molecule has 0 nitrogen and oxygen atoms in total. The summed E-state index contributed by atoms with van der Waals surface area (Å²) in [5.41, 5.74) is 1.32. The van der Waals surface area contributed by atoms with Gasteiger partial charge in [0.1, 0.15) is 0 Å². The summed E-state index contributed by atoms with van der Waals surface area (Å²) in [7, 11) is 0. The largest absolute Gasteiger partial charge is 0.143 e. The van der Waals surface area contributed by atoms with Gasteiger partial charge in [0.15, 0.2) is 0 Å². The molecule has 0 radical (unpaired) electrons. The van der Waals surface area contributed by atoms with Gasteiger partial charge in [-0.3, -0.25) is 0 Å². The van der Waals surface area contributed by atoms with E-state index in [4.69, 9.17) is 11.6 Å². The van der Waals surface area contributed by atoms with E-state index in [1.807, 2.05) is 0 Å². The minimum absolute atomic E-state index is 0.884. The third kappa shape index (κ3) is 1.71. The lowest BCUT2D eigenvalue weighted by molar-refractivity contribution is 1.41. The Morgan fingerprint density at radius 3 is 3.00 bits per heavy atom. The van der Waals surface area contributed by atoms with Gasteiger partial charge in [-0.05, 0) is 29.3 Å². The highest BCUT2D eigenvalue weighted by Crippen LogP contribution is 2.38. The molecule has 74 valence electrons. The molecule has 2 rings (SSSR count). The molecular formula is C10H8BrClS2. The van der Waals surface area contributed by atoms with Crippen molar-refractivity contribution in [2.24, 2.45) is 0 Å². The van der Waals surface area contributed by atoms with E-state index in [9.17, 15) is 0 Å². The molecule has 0 fully saturated rings. The molecule has 1 aromatic carbocycles. The molecule has 14 heavy (non-hydrogen) atoms. The Bertz CT molecular complexity index is 464. The van der Waals surface area contributed by atoms with E-state index in [1.54, 1.807) is 23.1 Å². The highest BCUT2D eigenvalue weighted by atomic mass is 79.9. The van der Waals surface area contributed by atoms with E-state index in [0.717, 1.165) is 15.2 Å². The van der Waals surface area contributed by atoms with Crippen LogP contribution in [0.15, 0.2) is 22.4 Å². The zero-order valence-corrected chi connectivity index (χ0v) is 11.5. The van der Waals surface area contributed by atoms with E-state index in [1.165, 1.54) is 15.6 Å². The summed E-state index contributed by atoms with van der Waals surface area (Å²) < 4.78 is 1.30. The Labute approximate surface area is 105 Å². The molecule has 0 amide bonds. The van der Waals surface area contributed by atoms with E-state index in [-0.39, 0.29) is 0 Å². The minimum Gasteiger partial charge on any atom is -0.143 e. The zero-order valence-electron chi connectivity index (χ0n) is 7.51. The van der Waals surface area contributed by atoms with Crippen LogP contribution in [0.2, 0.25) is 5.02 Å². The normalized spacial score (nSPS) is 11.1. The maximum absolute atomic E-state index is 6.28. The van der Waals surface area contributed by atoms with Crippen molar-refractivity contribution in [3.63, 3.8) is 0 Å². The quantitative estimate of drug-likeness (QED) is 0.545. The van der Waals surface area contributed by atoms with Crippen LogP contribution in [0.5, 0.6) is 0 Å². The number of fused-ring (bicyclic) bond motifs is 1. The Balaban J connectivity index is 2.80. The number of thioether (sulfide) groups is 1. The Morgan fingerprint density at radius 2 is 2.36 bits per heavy atom. The summed E-state index contributed by atoms with van der Waals surface area (Å²) in [6, 6.07) is 4.26. The van der Waals surface area contributed by atoms with E-state index < -0.39 is 0 Å². The molecule has 0 saturated heterocycles. The van der Waals surface area contributed by atoms with Crippen LogP contribution in [0.25, 0.3) is 10.1 Å². The van der Waals surface area contributed by atoms with Crippen molar-refractivity contribution in [2.45, 2.75) is 10.2 Å². The molecular weight excluding hydrogens is 300 g/mol. The molecule has 0 bridgehead atoms. The predicted octanol–water partition coefficient (Wildman–Crippen LogP) is 5.17. The summed E-state index contributed by atoms with van der Waals surface area (Å²) >= 11 is 13.2. The number of thiophene rings is 1. The number of hydrogen-bond acceptors (Lipinski definition) is 2. The monoisotopic (exact) mass is 306 g/mol. The van der Waals surface area contributed by atoms with E-state index in [0.29, 0.717) is 0 Å². The van der Waals surface area contributed by atoms with Crippen LogP contribution >= 0.6 is 50.6 Å². The lowest BCUT2D eigenvalue weighted by Gasteiger charge is -2.05. The van der Waals surface area contributed by atoms with Gasteiger partial charge in [-0.25, -0.2) is 0 Å². The van der Waals surface area contributed by atoms with Crippen LogP contribution in [0.3, 0.4) is 0 Å². The standard InChI is InChI=1S/C10H8BrClS2/c1-13-8-4-6(5-11)10-7(9(8)12)2-3-14-10/h2-4H,5H2,1H3. The molecule has 0 spiro atoms. The van der Waals surface area contributed by atoms with E-state index >= 15 is 0 Å². The van der Waals surface area contributed by atoms with Gasteiger partial charge in [0.25, 0.3) is 0 Å². The first-order valence-corrected chi connectivity index (χ1v) is 7.67. The molecule has 1 heterocycles. The van der Waals surface area contributed by atoms with Gasteiger partial charge in [0.2, 0.25) is 0 Å². The molecule has 0 aliphatic carbocycles. The highest BCUT2D eigenvalue weighted by molar-refractivity contribution is 9.08. The van der Waals surface area contributed by atoms with Crippen LogP contribution < -0.4 is 0 Å². The molecule has 0 aliphatic heterocycles. The van der Waals surface area contributed by atoms with Crippen molar-refractivity contribution in [3.8, 4) is 0 Å². The fourth-order valence-corrected chi connectivity index (χ4v) is 3.99. The van der Waals surface area contributed by atoms with Crippen LogP contribution in [-0.4, -0.2) is 6.26 Å². The van der Waals surface area contributed by atoms with Crippen molar-refractivity contribution in [2.75, 3.05) is 6.26 Å². The zero-order chi connectivity index (χ0) is 10.1. The third-order valence-electron chi connectivity index (χ3n) is 2.08. The molecule has 0 N–H and O–H groups in total. The Hall–Kier alpha value is 0.300. The van der Waals surface area contributed by atoms with E-state index in [2.05, 4.69) is 39.7 Å². The molecule has 1 aromatic heterocycles. The van der Waals surface area contributed by atoms with Crippen molar-refractivity contribution >= 4 is 60.7 Å². The van der Waals surface area contributed by atoms with Crippen molar-refractivity contribution in [3.05, 3.63) is 28.1 Å². The topological polar surface area (TPSA) is 0 Å². The minimum atomic E-state index is 0.884. The average molecular weight is 308 g/mol. The second-order valence-corrected chi connectivity index (χ2v) is 5.55. The van der Waals surface area contributed by atoms with Crippen LogP contribution in [0.4, 0.5) is 0 Å². The first kappa shape index (κ1) is 10.8. The highest BCUT2D eigenvalue weighted by Gasteiger charge is 2.10. The summed E-state index contributed by atoms with van der Waals surface area (Å²) in [5, 5.41) is 5.04. The van der Waals surface area contributed by atoms with Gasteiger partial charge in [-0.15, -0.1) is 23.1 Å². The summed E-state index contributed by atoms with van der Waals surface area (Å²) in [4.78, 5) is 1.16. The summed E-state index contributed by atoms with van der Waals surface area (Å²) in [5.74, 6) is 0. The maximum atomic E-state index is 6.28. The second-order valence-electron chi connectivity index (χ2n) is 2.85. The average Bonchev–Trinajstić information content (AvgIpc) is 2.68. The first-order valence-electron chi connectivity index (χ1n) is 4.06. The van der Waals surface area contributed by atoms with Crippen LogP contribution in [0.1, 0.15) is 5.56 Å². The van der Waals surface area contributed by atoms with Gasteiger partial charge in [0, 0.05) is 20.3 Å². The van der Waals surface area contributed by atoms with Crippen LogP contribution in [-0.2, 0) is 5.33 Å². The summed E-state index contributed by atoms with van der Waals surface area (Å²) in [6.07, 6.45) is 2.05. The summed E-state index contributed by atoms with van der Waals surface area (Å²) in [6.45, 7) is 0. The molecule has 0 saturated carbocycles. The number of hydrogen-bond donors (Lipinski definition) is 0. The lowest BCUT2D eigenvalue weighted by atomic mass is 10.2. The van der Waals surface area contributed by atoms with Gasteiger partial charge < -0.3 is 0 Å². The fraction of sp³-hybridized carbons (Fsp3) is 0.200. The number of halogens is 2. The Kier molecular flexibility index (Phi) is 3.42. The fourth-order valence-electron chi connectivity index (χ4n) is 1.40. The van der Waals surface area contributed by atoms with Crippen molar-refractivity contribution < 1.29 is 0 Å². The molecule has 2 aromatic rings. The van der Waals surface area contributed by atoms with Gasteiger partial charge in [0.05, 0.1) is 5.02 Å². The van der Waals surface area contributed by atoms with Gasteiger partial charge >= 0.3 is 0 Å². The number of alkyl halides is 1. The van der Waals surface area contributed by atoms with Crippen LogP contribution in [0, 0.1) is 0 Å². The smallest absolute Gasteiger partial charge is 0.0628 e. The Morgan fingerprint density at radius 1 is 1.57 bits per heavy atom. The molecule has 0 unspecified atom stereocenters.